The second kappa shape index (κ2) is 6.65. The second-order valence-corrected chi connectivity index (χ2v) is 6.50. The lowest BCUT2D eigenvalue weighted by molar-refractivity contribution is 0.587. The lowest BCUT2D eigenvalue weighted by Gasteiger charge is -2.11. The Morgan fingerprint density at radius 3 is 2.79 bits per heavy atom. The fraction of sp³-hybridized carbons (Fsp3) is 0.350. The average molecular weight is 320 g/mol. The van der Waals surface area contributed by atoms with Crippen LogP contribution in [0.4, 0.5) is 5.69 Å². The van der Waals surface area contributed by atoms with E-state index in [1.807, 2.05) is 0 Å². The van der Waals surface area contributed by atoms with Crippen molar-refractivity contribution in [3.05, 3.63) is 65.2 Å². The molecule has 2 aromatic rings. The van der Waals surface area contributed by atoms with Crippen LogP contribution < -0.4 is 16.0 Å². The summed E-state index contributed by atoms with van der Waals surface area (Å²) in [7, 11) is 0. The van der Waals surface area contributed by atoms with E-state index in [9.17, 15) is 0 Å². The van der Waals surface area contributed by atoms with E-state index in [0.29, 0.717) is 6.04 Å². The maximum atomic E-state index is 4.85. The van der Waals surface area contributed by atoms with E-state index >= 15 is 0 Å². The first kappa shape index (κ1) is 15.2. The number of benzene rings is 2. The van der Waals surface area contributed by atoms with Gasteiger partial charge < -0.3 is 16.0 Å². The van der Waals surface area contributed by atoms with Crippen LogP contribution in [0.15, 0.2) is 53.5 Å². The Labute approximate surface area is 143 Å². The van der Waals surface area contributed by atoms with Crippen LogP contribution >= 0.6 is 0 Å². The van der Waals surface area contributed by atoms with Crippen LogP contribution in [-0.2, 0) is 12.8 Å². The molecule has 0 fully saturated rings. The molecule has 2 unspecified atom stereocenters. The number of hydrogen-bond acceptors (Lipinski definition) is 4. The number of nitrogens with zero attached hydrogens (tertiary/aromatic N) is 1. The van der Waals surface area contributed by atoms with Crippen molar-refractivity contribution in [1.29, 1.82) is 0 Å². The number of anilines is 1. The average Bonchev–Trinajstić information content (AvgIpc) is 3.14. The van der Waals surface area contributed by atoms with Crippen molar-refractivity contribution in [2.45, 2.75) is 31.8 Å². The predicted octanol–water partition coefficient (Wildman–Crippen LogP) is 2.88. The third kappa shape index (κ3) is 3.02. The van der Waals surface area contributed by atoms with Crippen LogP contribution in [0.1, 0.15) is 29.7 Å². The first-order chi connectivity index (χ1) is 11.8. The van der Waals surface area contributed by atoms with Gasteiger partial charge in [-0.2, -0.15) is 0 Å². The Balaban J connectivity index is 1.40. The molecule has 1 aliphatic carbocycles. The van der Waals surface area contributed by atoms with Gasteiger partial charge in [-0.15, -0.1) is 0 Å². The zero-order valence-corrected chi connectivity index (χ0v) is 14.0. The Hall–Kier alpha value is -2.33. The monoisotopic (exact) mass is 320 g/mol. The molecule has 2 atom stereocenters. The van der Waals surface area contributed by atoms with Gasteiger partial charge in [-0.05, 0) is 54.8 Å². The molecule has 0 saturated carbocycles. The molecule has 4 nitrogen and oxygen atoms in total. The molecular weight excluding hydrogens is 296 g/mol. The minimum Gasteiger partial charge on any atom is -0.351 e. The van der Waals surface area contributed by atoms with Gasteiger partial charge in [0.05, 0.1) is 12.1 Å². The van der Waals surface area contributed by atoms with Crippen LogP contribution in [0, 0.1) is 0 Å². The molecule has 0 aromatic heterocycles. The second-order valence-electron chi connectivity index (χ2n) is 6.50. The number of likely N-dealkylation sites (N-methyl/N-ethyl adjacent to an activating group) is 1. The van der Waals surface area contributed by atoms with Crippen molar-refractivity contribution in [2.75, 3.05) is 18.4 Å². The van der Waals surface area contributed by atoms with Gasteiger partial charge in [-0.25, -0.2) is 4.99 Å². The van der Waals surface area contributed by atoms with Crippen LogP contribution in [0.25, 0.3) is 0 Å². The lowest BCUT2D eigenvalue weighted by Crippen LogP contribution is -2.34. The zero-order valence-electron chi connectivity index (χ0n) is 14.0. The van der Waals surface area contributed by atoms with E-state index in [-0.39, 0.29) is 6.04 Å². The summed E-state index contributed by atoms with van der Waals surface area (Å²) < 4.78 is 0. The summed E-state index contributed by atoms with van der Waals surface area (Å²) in [5, 5.41) is 10.3. The minimum atomic E-state index is 0.253. The molecule has 2 aliphatic rings. The quantitative estimate of drug-likeness (QED) is 0.743. The minimum absolute atomic E-state index is 0.253. The number of nitrogens with one attached hydrogen (secondary N) is 3. The summed E-state index contributed by atoms with van der Waals surface area (Å²) in [6.07, 6.45) is 2.12. The number of hydrogen-bond donors (Lipinski definition) is 3. The van der Waals surface area contributed by atoms with E-state index in [1.165, 1.54) is 16.7 Å². The molecule has 0 radical (unpaired) electrons. The van der Waals surface area contributed by atoms with Crippen LogP contribution in [0.2, 0.25) is 0 Å². The molecule has 1 aliphatic heterocycles. The van der Waals surface area contributed by atoms with Crippen molar-refractivity contribution in [1.82, 2.24) is 10.6 Å². The smallest absolute Gasteiger partial charge is 0.196 e. The summed E-state index contributed by atoms with van der Waals surface area (Å²) in [4.78, 5) is 4.85. The maximum Gasteiger partial charge on any atom is 0.196 e. The van der Waals surface area contributed by atoms with E-state index in [4.69, 9.17) is 4.99 Å². The predicted molar refractivity (Wildman–Crippen MR) is 99.6 cm³/mol. The van der Waals surface area contributed by atoms with Gasteiger partial charge >= 0.3 is 0 Å². The Morgan fingerprint density at radius 1 is 1.12 bits per heavy atom. The standard InChI is InChI=1S/C20H24N4/c1-2-21-12-11-14-7-9-16(10-8-14)22-20-23-18-13-15-5-3-4-6-17(15)19(18)24-20/h3-10,18-19,21H,2,11-13H2,1H3,(H2,22,23,24). The highest BCUT2D eigenvalue weighted by Crippen LogP contribution is 2.36. The first-order valence-electron chi connectivity index (χ1n) is 8.82. The topological polar surface area (TPSA) is 48.5 Å². The third-order valence-corrected chi connectivity index (χ3v) is 4.84. The molecule has 3 N–H and O–H groups in total. The zero-order chi connectivity index (χ0) is 16.4. The number of fused-ring (bicyclic) bond motifs is 3. The summed E-state index contributed by atoms with van der Waals surface area (Å²) in [5.74, 6) is 0.889. The van der Waals surface area contributed by atoms with Crippen LogP contribution in [0.5, 0.6) is 0 Å². The summed E-state index contributed by atoms with van der Waals surface area (Å²) in [6.45, 7) is 4.19. The molecule has 0 bridgehead atoms. The molecule has 0 saturated heterocycles. The van der Waals surface area contributed by atoms with Crippen molar-refractivity contribution >= 4 is 11.6 Å². The molecule has 4 rings (SSSR count). The van der Waals surface area contributed by atoms with E-state index in [0.717, 1.165) is 37.6 Å². The Kier molecular flexibility index (Phi) is 4.22. The van der Waals surface area contributed by atoms with E-state index < -0.39 is 0 Å². The molecule has 0 spiro atoms. The number of rotatable bonds is 5. The SMILES string of the molecule is CCNCCc1ccc(NC2=NC3c4ccccc4CC3N2)cc1. The van der Waals surface area contributed by atoms with Gasteiger partial charge in [-0.1, -0.05) is 43.3 Å². The molecule has 124 valence electrons. The first-order valence-corrected chi connectivity index (χ1v) is 8.82. The Morgan fingerprint density at radius 2 is 1.96 bits per heavy atom. The van der Waals surface area contributed by atoms with Gasteiger partial charge in [0, 0.05) is 5.69 Å². The van der Waals surface area contributed by atoms with Crippen molar-refractivity contribution in [3.8, 4) is 0 Å². The molecule has 4 heteroatoms. The highest BCUT2D eigenvalue weighted by Gasteiger charge is 2.36. The van der Waals surface area contributed by atoms with E-state index in [2.05, 4.69) is 71.4 Å². The fourth-order valence-corrected chi connectivity index (χ4v) is 3.58. The third-order valence-electron chi connectivity index (χ3n) is 4.84. The molecule has 24 heavy (non-hydrogen) atoms. The molecule has 0 amide bonds. The van der Waals surface area contributed by atoms with Crippen LogP contribution in [-0.4, -0.2) is 25.1 Å². The largest absolute Gasteiger partial charge is 0.351 e. The van der Waals surface area contributed by atoms with Crippen molar-refractivity contribution in [3.63, 3.8) is 0 Å². The lowest BCUT2D eigenvalue weighted by atomic mass is 10.1. The summed E-state index contributed by atoms with van der Waals surface area (Å²) in [5.41, 5.74) is 5.23. The van der Waals surface area contributed by atoms with Crippen molar-refractivity contribution in [2.24, 2.45) is 4.99 Å². The summed E-state index contributed by atoms with van der Waals surface area (Å²) >= 11 is 0. The fourth-order valence-electron chi connectivity index (χ4n) is 3.58. The molecule has 1 heterocycles. The maximum absolute atomic E-state index is 4.85. The number of aliphatic imine (C=N–C) groups is 1. The van der Waals surface area contributed by atoms with Crippen molar-refractivity contribution < 1.29 is 0 Å². The van der Waals surface area contributed by atoms with Gasteiger partial charge in [0.1, 0.15) is 0 Å². The number of guanidine groups is 1. The van der Waals surface area contributed by atoms with Gasteiger partial charge in [0.25, 0.3) is 0 Å². The molecule has 2 aromatic carbocycles. The summed E-state index contributed by atoms with van der Waals surface area (Å²) in [6, 6.07) is 17.9. The van der Waals surface area contributed by atoms with Gasteiger partial charge in [0.2, 0.25) is 0 Å². The van der Waals surface area contributed by atoms with Gasteiger partial charge in [0.15, 0.2) is 5.96 Å². The van der Waals surface area contributed by atoms with Gasteiger partial charge in [-0.3, -0.25) is 0 Å². The Bertz CT molecular complexity index is 736. The highest BCUT2D eigenvalue weighted by molar-refractivity contribution is 5.95. The molecular formula is C20H24N4. The highest BCUT2D eigenvalue weighted by atomic mass is 15.3. The van der Waals surface area contributed by atoms with E-state index in [1.54, 1.807) is 0 Å². The normalized spacial score (nSPS) is 21.0. The van der Waals surface area contributed by atoms with Crippen LogP contribution in [0.3, 0.4) is 0 Å².